The molecule has 0 aromatic carbocycles. The highest BCUT2D eigenvalue weighted by Crippen LogP contribution is 2.26. The van der Waals surface area contributed by atoms with Crippen molar-refractivity contribution in [3.63, 3.8) is 0 Å². The fraction of sp³-hybridized carbons (Fsp3) is 0.556. The van der Waals surface area contributed by atoms with Crippen LogP contribution in [0.5, 0.6) is 0 Å². The largest absolute Gasteiger partial charge is 0.356 e. The average Bonchev–Trinajstić information content (AvgIpc) is 2.66. The van der Waals surface area contributed by atoms with E-state index in [2.05, 4.69) is 37.0 Å². The molecule has 0 unspecified atom stereocenters. The Morgan fingerprint density at radius 1 is 1.15 bits per heavy atom. The number of fused-ring (bicyclic) bond motifs is 1. The van der Waals surface area contributed by atoms with Gasteiger partial charge in [-0.3, -0.25) is 0 Å². The Balaban J connectivity index is 1.44. The molecule has 0 amide bonds. The monoisotopic (exact) mass is 388 g/mol. The molecule has 2 aliphatic rings. The van der Waals surface area contributed by atoms with Crippen LogP contribution in [-0.4, -0.2) is 60.5 Å². The summed E-state index contributed by atoms with van der Waals surface area (Å²) in [5, 5.41) is 8.64. The molecule has 27 heavy (non-hydrogen) atoms. The molecule has 2 aromatic rings. The van der Waals surface area contributed by atoms with E-state index in [1.165, 1.54) is 0 Å². The van der Waals surface area contributed by atoms with Gasteiger partial charge in [0, 0.05) is 44.4 Å². The van der Waals surface area contributed by atoms with E-state index in [0.29, 0.717) is 12.5 Å². The van der Waals surface area contributed by atoms with Crippen molar-refractivity contribution in [1.82, 2.24) is 20.2 Å². The van der Waals surface area contributed by atoms with E-state index in [0.717, 1.165) is 54.5 Å². The van der Waals surface area contributed by atoms with Crippen LogP contribution in [0.25, 0.3) is 0 Å². The molecule has 1 saturated heterocycles. The molecule has 4 rings (SSSR count). The third kappa shape index (κ3) is 3.87. The maximum atomic E-state index is 11.9. The Kier molecular flexibility index (Phi) is 4.71. The van der Waals surface area contributed by atoms with Gasteiger partial charge in [-0.25, -0.2) is 18.4 Å². The highest BCUT2D eigenvalue weighted by molar-refractivity contribution is 7.90. The summed E-state index contributed by atoms with van der Waals surface area (Å²) in [6.07, 6.45) is 4.04. The van der Waals surface area contributed by atoms with Gasteiger partial charge in [0.1, 0.15) is 12.1 Å². The average molecular weight is 388 g/mol. The van der Waals surface area contributed by atoms with Gasteiger partial charge in [-0.2, -0.15) is 5.10 Å². The molecule has 0 atom stereocenters. The summed E-state index contributed by atoms with van der Waals surface area (Å²) in [4.78, 5) is 13.0. The van der Waals surface area contributed by atoms with Gasteiger partial charge in [0.05, 0.1) is 17.2 Å². The Bertz CT molecular complexity index is 941. The first-order chi connectivity index (χ1) is 12.9. The van der Waals surface area contributed by atoms with E-state index in [1.54, 1.807) is 6.33 Å². The topological polar surface area (TPSA) is 92.2 Å². The molecule has 144 valence electrons. The van der Waals surface area contributed by atoms with Crippen molar-refractivity contribution in [1.29, 1.82) is 0 Å². The van der Waals surface area contributed by atoms with E-state index >= 15 is 0 Å². The molecule has 4 heterocycles. The fourth-order valence-electron chi connectivity index (χ4n) is 3.80. The maximum Gasteiger partial charge on any atom is 0.154 e. The van der Waals surface area contributed by atoms with Crippen molar-refractivity contribution in [3.8, 4) is 0 Å². The molecule has 0 radical (unpaired) electrons. The molecule has 1 fully saturated rings. The Labute approximate surface area is 159 Å². The van der Waals surface area contributed by atoms with Crippen molar-refractivity contribution < 1.29 is 8.42 Å². The summed E-state index contributed by atoms with van der Waals surface area (Å²) < 4.78 is 23.8. The Hall–Kier alpha value is -2.29. The van der Waals surface area contributed by atoms with Crippen LogP contribution in [0.4, 0.5) is 11.6 Å². The van der Waals surface area contributed by atoms with Crippen LogP contribution in [-0.2, 0) is 22.0 Å². The number of hydrogen-bond donors (Lipinski definition) is 0. The van der Waals surface area contributed by atoms with Crippen LogP contribution in [0, 0.1) is 6.92 Å². The molecular weight excluding hydrogens is 364 g/mol. The van der Waals surface area contributed by atoms with E-state index in [4.69, 9.17) is 0 Å². The highest BCUT2D eigenvalue weighted by Gasteiger charge is 2.27. The number of sulfone groups is 1. The van der Waals surface area contributed by atoms with E-state index in [1.807, 2.05) is 19.1 Å². The van der Waals surface area contributed by atoms with Gasteiger partial charge in [-0.05, 0) is 31.4 Å². The molecule has 0 aliphatic carbocycles. The smallest absolute Gasteiger partial charge is 0.154 e. The third-order valence-electron chi connectivity index (χ3n) is 5.46. The minimum absolute atomic E-state index is 0.0805. The molecular formula is C18H24N6O2S. The zero-order valence-electron chi connectivity index (χ0n) is 15.7. The number of aromatic nitrogens is 4. The lowest BCUT2D eigenvalue weighted by atomic mass is 10.0. The maximum absolute atomic E-state index is 11.9. The van der Waals surface area contributed by atoms with Crippen molar-refractivity contribution in [3.05, 3.63) is 35.4 Å². The lowest BCUT2D eigenvalue weighted by Crippen LogP contribution is -2.44. The SMILES string of the molecule is Cc1cc(N(C)C2CCN(c3cc4c(nn3)CCS(=O)(=O)C4)CC2)ncn1. The zero-order valence-corrected chi connectivity index (χ0v) is 16.5. The van der Waals surface area contributed by atoms with Crippen molar-refractivity contribution >= 4 is 21.5 Å². The van der Waals surface area contributed by atoms with E-state index in [9.17, 15) is 8.42 Å². The first kappa shape index (κ1) is 18.1. The zero-order chi connectivity index (χ0) is 19.0. The fourth-order valence-corrected chi connectivity index (χ4v) is 5.17. The molecule has 0 spiro atoms. The second-order valence-corrected chi connectivity index (χ2v) is 9.55. The summed E-state index contributed by atoms with van der Waals surface area (Å²) in [7, 11) is -0.928. The van der Waals surface area contributed by atoms with Gasteiger partial charge in [0.15, 0.2) is 15.7 Å². The summed E-state index contributed by atoms with van der Waals surface area (Å²) >= 11 is 0. The van der Waals surface area contributed by atoms with E-state index < -0.39 is 9.84 Å². The normalized spacial score (nSPS) is 19.6. The van der Waals surface area contributed by atoms with Crippen LogP contribution < -0.4 is 9.80 Å². The third-order valence-corrected chi connectivity index (χ3v) is 7.04. The number of nitrogens with zero attached hydrogens (tertiary/aromatic N) is 6. The van der Waals surface area contributed by atoms with Crippen molar-refractivity contribution in [2.45, 2.75) is 38.0 Å². The molecule has 0 bridgehead atoms. The highest BCUT2D eigenvalue weighted by atomic mass is 32.2. The van der Waals surface area contributed by atoms with Gasteiger partial charge in [-0.15, -0.1) is 5.10 Å². The van der Waals surface area contributed by atoms with Gasteiger partial charge in [0.2, 0.25) is 0 Å². The molecule has 0 N–H and O–H groups in total. The number of rotatable bonds is 3. The minimum atomic E-state index is -3.00. The van der Waals surface area contributed by atoms with Gasteiger partial charge >= 0.3 is 0 Å². The van der Waals surface area contributed by atoms with Crippen LogP contribution in [0.3, 0.4) is 0 Å². The Morgan fingerprint density at radius 2 is 1.93 bits per heavy atom. The van der Waals surface area contributed by atoms with Crippen LogP contribution >= 0.6 is 0 Å². The van der Waals surface area contributed by atoms with E-state index in [-0.39, 0.29) is 11.5 Å². The van der Waals surface area contributed by atoms with Crippen molar-refractivity contribution in [2.75, 3.05) is 35.7 Å². The standard InChI is InChI=1S/C18H24N6O2S/c1-13-9-17(20-12-19-13)23(2)15-3-6-24(7-4-15)18-10-14-11-27(25,26)8-5-16(14)21-22-18/h9-10,12,15H,3-8,11H2,1-2H3. The van der Waals surface area contributed by atoms with Crippen molar-refractivity contribution in [2.24, 2.45) is 0 Å². The molecule has 2 aliphatic heterocycles. The van der Waals surface area contributed by atoms with Crippen LogP contribution in [0.15, 0.2) is 18.5 Å². The van der Waals surface area contributed by atoms with Gasteiger partial charge < -0.3 is 9.80 Å². The molecule has 2 aromatic heterocycles. The Morgan fingerprint density at radius 3 is 2.67 bits per heavy atom. The number of hydrogen-bond acceptors (Lipinski definition) is 8. The number of aryl methyl sites for hydroxylation is 2. The summed E-state index contributed by atoms with van der Waals surface area (Å²) in [5.41, 5.74) is 2.59. The summed E-state index contributed by atoms with van der Waals surface area (Å²) in [6, 6.07) is 4.32. The second kappa shape index (κ2) is 7.03. The molecule has 8 nitrogen and oxygen atoms in total. The minimum Gasteiger partial charge on any atom is -0.356 e. The number of piperidine rings is 1. The van der Waals surface area contributed by atoms with Gasteiger partial charge in [0.25, 0.3) is 0 Å². The molecule has 0 saturated carbocycles. The van der Waals surface area contributed by atoms with Crippen LogP contribution in [0.2, 0.25) is 0 Å². The first-order valence-corrected chi connectivity index (χ1v) is 11.1. The van der Waals surface area contributed by atoms with Gasteiger partial charge in [-0.1, -0.05) is 0 Å². The molecule has 9 heteroatoms. The predicted molar refractivity (Wildman–Crippen MR) is 104 cm³/mol. The summed E-state index contributed by atoms with van der Waals surface area (Å²) in [5.74, 6) is 1.98. The number of anilines is 2. The first-order valence-electron chi connectivity index (χ1n) is 9.23. The lowest BCUT2D eigenvalue weighted by molar-refractivity contribution is 0.476. The lowest BCUT2D eigenvalue weighted by Gasteiger charge is -2.37. The second-order valence-electron chi connectivity index (χ2n) is 7.36. The summed E-state index contributed by atoms with van der Waals surface area (Å²) in [6.45, 7) is 3.69. The van der Waals surface area contributed by atoms with Crippen LogP contribution in [0.1, 0.15) is 29.8 Å². The predicted octanol–water partition coefficient (Wildman–Crippen LogP) is 1.15. The quantitative estimate of drug-likeness (QED) is 0.773.